The maximum Gasteiger partial charge on any atom is 0.326 e. The number of aromatic nitrogens is 1. The first kappa shape index (κ1) is 115. The Morgan fingerprint density at radius 3 is 1.34 bits per heavy atom. The molecule has 0 saturated carbocycles. The number of aliphatic carboxylic acids is 1. The number of guanidine groups is 2. The smallest absolute Gasteiger partial charge is 0.326 e. The summed E-state index contributed by atoms with van der Waals surface area (Å²) in [5.74, 6) is -17.0. The number of nitrogens with two attached hydrogens (primary N) is 9. The van der Waals surface area contributed by atoms with Gasteiger partial charge in [0.2, 0.25) is 76.8 Å². The molecule has 2 saturated heterocycles. The number of hydrogen-bond acceptors (Lipinski definition) is 27. The van der Waals surface area contributed by atoms with Crippen molar-refractivity contribution in [2.45, 2.75) is 239 Å². The average Bonchev–Trinajstić information content (AvgIpc) is 1.66. The van der Waals surface area contributed by atoms with E-state index in [1.165, 1.54) is 53.4 Å². The Morgan fingerprint density at radius 2 is 0.857 bits per heavy atom. The molecule has 2 aliphatic heterocycles. The number of carbonyl (C=O) groups excluding carboxylic acids is 16. The number of carboxylic acids is 1. The number of rotatable bonds is 47. The van der Waals surface area contributed by atoms with Gasteiger partial charge in [0, 0.05) is 87.1 Å². The third-order valence-electron chi connectivity index (χ3n) is 22.9. The monoisotopic (exact) mass is 2000 g/mol. The number of amides is 19. The van der Waals surface area contributed by atoms with E-state index < -0.39 is 215 Å². The molecular formula is C88H138N30O20S2. The summed E-state index contributed by atoms with van der Waals surface area (Å²) in [4.78, 5) is 252. The van der Waals surface area contributed by atoms with Gasteiger partial charge < -0.3 is 167 Å². The van der Waals surface area contributed by atoms with E-state index >= 15 is 57.5 Å². The van der Waals surface area contributed by atoms with Gasteiger partial charge in [0.05, 0.1) is 6.04 Å². The van der Waals surface area contributed by atoms with Gasteiger partial charge in [-0.05, 0) is 201 Å². The van der Waals surface area contributed by atoms with E-state index in [4.69, 9.17) is 62.4 Å². The number of aromatic hydroxyl groups is 2. The number of nitrogens with one attached hydrogen (secondary N) is 20. The van der Waals surface area contributed by atoms with Crippen molar-refractivity contribution in [1.29, 1.82) is 10.8 Å². The topological polar surface area (TPSA) is 856 Å². The minimum atomic E-state index is -1.90. The summed E-state index contributed by atoms with van der Waals surface area (Å²) in [7, 11) is 1.50. The van der Waals surface area contributed by atoms with Crippen LogP contribution < -0.4 is 142 Å². The van der Waals surface area contributed by atoms with E-state index in [-0.39, 0.29) is 211 Å². The molecule has 0 spiro atoms. The Bertz CT molecular complexity index is 4810. The standard InChI is InChI=1S/C88H138N30O20S2/c89-34-6-3-18-57-73(124)111-62(20-5-8-36-91)82(133)118-42-14-25-69(118)81(132)115-65(44-50-28-32-53(120)33-29-50)77(128)110-61(23-12-41-104-88(99)138)72(123)108-58(19-4-7-35-90)75(126)116-67(79(130)112-63(83(134)135)24-13-38-101-85(95)96)47-139-140-48-68(80(131)113-64(43-49-26-30-52(119)31-27-49)76(127)109-60(71(122)107-57)22-11-40-103-87(98)137)117-78(129)66(45-51-46-105-56-17-2-1-15-54(51)56)114-74(125)59(21-10-37-100-84(93)94)106-70(121)55(92)16-9-39-102-86(97)136/h1-2,15,17,26-33,46,55,57-69,105,119-120H,3-14,16,18-25,34-45,47-48,89-92H2,(H,106,121)(H,107,122)(H,108,123)(H,109,127)(H,110,128)(H,111,124)(H,112,130)(H,113,131)(H,114,125)(H,115,132)(H,116,126)(H,117,129)(H,134,135)(H4,93,94,100)(H4,95,96,101)(H3,97,102,136)(H3,98,103,137)(H3,99,104,138)/t55-,57-,58-,59-,60-,61-,62+,63-,64-,65-,66-,67-,68-,69-/m0/s1. The van der Waals surface area contributed by atoms with Crippen LogP contribution in [0.1, 0.15) is 152 Å². The van der Waals surface area contributed by atoms with Crippen molar-refractivity contribution in [1.82, 2.24) is 100 Å². The molecule has 0 aliphatic carbocycles. The Balaban J connectivity index is 1.60. The number of H-pyrrole nitrogens is 1. The average molecular weight is 2000 g/mol. The maximum absolute atomic E-state index is 16.0. The molecule has 772 valence electrons. The zero-order valence-electron chi connectivity index (χ0n) is 78.1. The Morgan fingerprint density at radius 1 is 0.443 bits per heavy atom. The molecular weight excluding hydrogens is 1860 g/mol. The number of phenols is 2. The molecule has 0 bridgehead atoms. The van der Waals surface area contributed by atoms with Crippen LogP contribution in [0.2, 0.25) is 0 Å². The predicted molar refractivity (Wildman–Crippen MR) is 522 cm³/mol. The van der Waals surface area contributed by atoms with Crippen LogP contribution in [0.15, 0.2) is 79.0 Å². The zero-order valence-corrected chi connectivity index (χ0v) is 79.7. The number of carboxylic acid groups (broad SMARTS) is 1. The molecule has 4 aromatic rings. The second-order valence-electron chi connectivity index (χ2n) is 33.9. The van der Waals surface area contributed by atoms with Crippen LogP contribution >= 0.6 is 21.6 Å². The minimum absolute atomic E-state index is 0.00198. The number of benzene rings is 3. The third kappa shape index (κ3) is 41.5. The fourth-order valence-corrected chi connectivity index (χ4v) is 17.7. The number of carbonyl (C=O) groups is 17. The molecule has 19 amide bonds. The molecule has 2 aliphatic rings. The zero-order chi connectivity index (χ0) is 103. The quantitative estimate of drug-likeness (QED) is 0.00849. The maximum atomic E-state index is 16.0. The summed E-state index contributed by atoms with van der Waals surface area (Å²) >= 11 is 0. The van der Waals surface area contributed by atoms with E-state index in [1.54, 1.807) is 30.5 Å². The highest BCUT2D eigenvalue weighted by Crippen LogP contribution is 2.27. The van der Waals surface area contributed by atoms with Crippen LogP contribution in [-0.4, -0.2) is 293 Å². The molecule has 14 atom stereocenters. The van der Waals surface area contributed by atoms with Gasteiger partial charge in [0.25, 0.3) is 0 Å². The number of phenolic OH excluding ortho intramolecular Hbond substituents is 2. The van der Waals surface area contributed by atoms with Crippen LogP contribution in [0, 0.1) is 10.8 Å². The van der Waals surface area contributed by atoms with Gasteiger partial charge in [-0.3, -0.25) is 73.1 Å². The first-order chi connectivity index (χ1) is 66.9. The van der Waals surface area contributed by atoms with Gasteiger partial charge >= 0.3 is 24.1 Å². The second-order valence-corrected chi connectivity index (χ2v) is 36.4. The fraction of sp³-hybridized carbons (Fsp3) is 0.557. The highest BCUT2D eigenvalue weighted by molar-refractivity contribution is 8.76. The predicted octanol–water partition coefficient (Wildman–Crippen LogP) is -5.52. The molecule has 0 unspecified atom stereocenters. The van der Waals surface area contributed by atoms with Crippen molar-refractivity contribution in [2.75, 3.05) is 70.4 Å². The lowest BCUT2D eigenvalue weighted by Gasteiger charge is -2.31. The van der Waals surface area contributed by atoms with Gasteiger partial charge in [-0.25, -0.2) is 19.2 Å². The van der Waals surface area contributed by atoms with Gasteiger partial charge in [-0.2, -0.15) is 0 Å². The van der Waals surface area contributed by atoms with Crippen molar-refractivity contribution in [3.8, 4) is 11.5 Å². The highest BCUT2D eigenvalue weighted by Gasteiger charge is 2.43. The summed E-state index contributed by atoms with van der Waals surface area (Å²) in [5.41, 5.74) is 53.1. The summed E-state index contributed by atoms with van der Waals surface area (Å²) in [5, 5.41) is 92.1. The molecule has 140 heavy (non-hydrogen) atoms. The first-order valence-electron chi connectivity index (χ1n) is 46.5. The molecule has 52 heteroatoms. The fourth-order valence-electron chi connectivity index (χ4n) is 15.4. The molecule has 2 fully saturated rings. The van der Waals surface area contributed by atoms with Crippen molar-refractivity contribution >= 4 is 145 Å². The lowest BCUT2D eigenvalue weighted by molar-refractivity contribution is -0.142. The number of fused-ring (bicyclic) bond motifs is 2. The van der Waals surface area contributed by atoms with Crippen molar-refractivity contribution < 1.29 is 96.8 Å². The number of hydrogen-bond donors (Lipinski definition) is 32. The Kier molecular flexibility index (Phi) is 50.6. The number of aromatic amines is 1. The van der Waals surface area contributed by atoms with E-state index in [1.807, 2.05) is 0 Å². The molecule has 6 rings (SSSR count). The normalized spacial score (nSPS) is 20.5. The summed E-state index contributed by atoms with van der Waals surface area (Å²) in [6, 6.07) is -7.61. The van der Waals surface area contributed by atoms with Gasteiger partial charge in [0.15, 0.2) is 11.9 Å². The second kappa shape index (κ2) is 61.6. The highest BCUT2D eigenvalue weighted by atomic mass is 33.1. The van der Waals surface area contributed by atoms with Crippen molar-refractivity contribution in [2.24, 2.45) is 51.6 Å². The molecule has 50 nitrogen and oxygen atoms in total. The van der Waals surface area contributed by atoms with Crippen LogP contribution in [-0.2, 0) is 86.4 Å². The van der Waals surface area contributed by atoms with Gasteiger partial charge in [0.1, 0.15) is 90.0 Å². The number of primary amides is 3. The van der Waals surface area contributed by atoms with Crippen LogP contribution in [0.4, 0.5) is 14.4 Å². The minimum Gasteiger partial charge on any atom is -0.508 e. The van der Waals surface area contributed by atoms with Crippen LogP contribution in [0.3, 0.4) is 0 Å². The van der Waals surface area contributed by atoms with Gasteiger partial charge in [-0.1, -0.05) is 64.1 Å². The SMILES string of the molecule is N=C(N)NCCC[C@H](NC(=O)[C@@H]1CSSC[C@H](NC(=O)[C@H](Cc2c[nH]c3ccccc23)NC(=O)[C@H](CCCNC(=N)N)NC(=O)[C@@H](N)CCCNC(N)=O)C(=O)N[C@@H](Cc2ccc(O)cc2)C(=O)N[C@@H](CCCNC(N)=O)C(=O)N[C@@H](CCCCN)C(=O)N[C@H](CCCCN)C(=O)N2CCC[C@H]2C(=O)N[C@@H](Cc2ccc(O)cc2)C(=O)N[C@@H](CCCNC(N)=O)C(=O)N[C@@H](CCCCN)C(=O)N1)C(=O)O. The van der Waals surface area contributed by atoms with Crippen LogP contribution in [0.25, 0.3) is 10.9 Å². The Hall–Kier alpha value is -13.7. The molecule has 41 N–H and O–H groups in total. The van der Waals surface area contributed by atoms with E-state index in [9.17, 15) is 39.3 Å². The van der Waals surface area contributed by atoms with E-state index in [0.717, 1.165) is 21.6 Å². The number of nitrogens with zero attached hydrogens (tertiary/aromatic N) is 1. The molecule has 3 heterocycles. The van der Waals surface area contributed by atoms with E-state index in [0.29, 0.717) is 34.9 Å². The number of unbranched alkanes of at least 4 members (excludes halogenated alkanes) is 3. The summed E-state index contributed by atoms with van der Waals surface area (Å²) < 4.78 is 0. The summed E-state index contributed by atoms with van der Waals surface area (Å²) in [6.45, 7) is -0.0797. The lowest BCUT2D eigenvalue weighted by Crippen LogP contribution is -2.61. The Labute approximate surface area is 817 Å². The summed E-state index contributed by atoms with van der Waals surface area (Å²) in [6.07, 6.45) is 0.500. The number of urea groups is 3. The van der Waals surface area contributed by atoms with Crippen LogP contribution in [0.5, 0.6) is 11.5 Å². The number of para-hydroxylation sites is 1. The third-order valence-corrected chi connectivity index (χ3v) is 25.3. The molecule has 0 radical (unpaired) electrons. The largest absolute Gasteiger partial charge is 0.508 e. The lowest BCUT2D eigenvalue weighted by atomic mass is 10.0. The van der Waals surface area contributed by atoms with E-state index in [2.05, 4.69) is 95.4 Å². The van der Waals surface area contributed by atoms with Gasteiger partial charge in [-0.15, -0.1) is 0 Å². The van der Waals surface area contributed by atoms with Crippen molar-refractivity contribution in [3.05, 3.63) is 95.7 Å². The molecule has 3 aromatic carbocycles. The first-order valence-corrected chi connectivity index (χ1v) is 49.0. The van der Waals surface area contributed by atoms with Crippen molar-refractivity contribution in [3.63, 3.8) is 0 Å². The molecule has 1 aromatic heterocycles.